The fraction of sp³-hybridized carbons (Fsp3) is 0.214. The quantitative estimate of drug-likeness (QED) is 0.331. The van der Waals surface area contributed by atoms with E-state index in [0.29, 0.717) is 41.2 Å². The highest BCUT2D eigenvalue weighted by Crippen LogP contribution is 2.32. The molecule has 0 aromatic heterocycles. The Hall–Kier alpha value is -3.84. The Bertz CT molecular complexity index is 1300. The summed E-state index contributed by atoms with van der Waals surface area (Å²) in [6, 6.07) is 19.2. The number of carbonyl (C=O) groups is 1. The summed E-state index contributed by atoms with van der Waals surface area (Å²) in [6.07, 6.45) is 1.78. The molecule has 0 unspecified atom stereocenters. The van der Waals surface area contributed by atoms with E-state index < -0.39 is 0 Å². The van der Waals surface area contributed by atoms with Crippen molar-refractivity contribution >= 4 is 35.0 Å². The van der Waals surface area contributed by atoms with E-state index in [4.69, 9.17) is 26.4 Å². The van der Waals surface area contributed by atoms with Crippen molar-refractivity contribution in [2.45, 2.75) is 27.4 Å². The van der Waals surface area contributed by atoms with Crippen molar-refractivity contribution in [3.05, 3.63) is 88.6 Å². The van der Waals surface area contributed by atoms with Gasteiger partial charge in [-0.2, -0.15) is 0 Å². The van der Waals surface area contributed by atoms with Crippen LogP contribution in [0.5, 0.6) is 17.2 Å². The molecule has 1 fully saturated rings. The first-order chi connectivity index (χ1) is 16.9. The number of methoxy groups -OCH3 is 1. The van der Waals surface area contributed by atoms with Crippen molar-refractivity contribution in [3.8, 4) is 17.2 Å². The fourth-order valence-electron chi connectivity index (χ4n) is 3.86. The van der Waals surface area contributed by atoms with Gasteiger partial charge in [-0.05, 0) is 86.1 Å². The maximum absolute atomic E-state index is 13.3. The molecule has 3 aromatic carbocycles. The molecule has 0 radical (unpaired) electrons. The molecular formula is C28H28N2O4S. The van der Waals surface area contributed by atoms with Crippen LogP contribution in [-0.2, 0) is 11.4 Å². The van der Waals surface area contributed by atoms with Crippen molar-refractivity contribution in [2.24, 2.45) is 0 Å². The van der Waals surface area contributed by atoms with Crippen molar-refractivity contribution in [1.82, 2.24) is 5.32 Å². The molecule has 3 aromatic rings. The predicted octanol–water partition coefficient (Wildman–Crippen LogP) is 5.55. The van der Waals surface area contributed by atoms with Crippen molar-refractivity contribution in [2.75, 3.05) is 18.6 Å². The zero-order chi connectivity index (χ0) is 24.9. The molecule has 0 atom stereocenters. The second-order valence-electron chi connectivity index (χ2n) is 8.16. The molecule has 1 aliphatic heterocycles. The minimum absolute atomic E-state index is 0.244. The number of hydrogen-bond acceptors (Lipinski definition) is 5. The third-order valence-electron chi connectivity index (χ3n) is 5.63. The molecule has 0 saturated carbocycles. The van der Waals surface area contributed by atoms with Gasteiger partial charge in [-0.15, -0.1) is 0 Å². The number of carbonyl (C=O) groups excluding carboxylic acids is 1. The van der Waals surface area contributed by atoms with Crippen molar-refractivity contribution < 1.29 is 19.0 Å². The van der Waals surface area contributed by atoms with E-state index in [-0.39, 0.29) is 5.91 Å². The van der Waals surface area contributed by atoms with E-state index >= 15 is 0 Å². The average Bonchev–Trinajstić information content (AvgIpc) is 3.12. The summed E-state index contributed by atoms with van der Waals surface area (Å²) >= 11 is 5.48. The van der Waals surface area contributed by atoms with Crippen LogP contribution >= 0.6 is 12.2 Å². The van der Waals surface area contributed by atoms with Gasteiger partial charge in [-0.25, -0.2) is 4.90 Å². The Balaban J connectivity index is 1.59. The van der Waals surface area contributed by atoms with Gasteiger partial charge in [0.15, 0.2) is 5.11 Å². The smallest absolute Gasteiger partial charge is 0.281 e. The normalized spacial score (nSPS) is 14.3. The zero-order valence-electron chi connectivity index (χ0n) is 20.3. The molecule has 1 heterocycles. The van der Waals surface area contributed by atoms with E-state index in [9.17, 15) is 4.79 Å². The van der Waals surface area contributed by atoms with Gasteiger partial charge in [0.2, 0.25) is 0 Å². The summed E-state index contributed by atoms with van der Waals surface area (Å²) in [6.45, 7) is 6.77. The maximum atomic E-state index is 13.3. The molecule has 1 saturated heterocycles. The highest BCUT2D eigenvalue weighted by molar-refractivity contribution is 7.80. The molecule has 1 amide bonds. The second kappa shape index (κ2) is 10.6. The maximum Gasteiger partial charge on any atom is 0.281 e. The number of aryl methyl sites for hydroxylation is 2. The first-order valence-corrected chi connectivity index (χ1v) is 11.8. The lowest BCUT2D eigenvalue weighted by atomic mass is 10.1. The van der Waals surface area contributed by atoms with Crippen molar-refractivity contribution in [3.63, 3.8) is 0 Å². The summed E-state index contributed by atoms with van der Waals surface area (Å²) in [5.41, 5.74) is 4.88. The van der Waals surface area contributed by atoms with Gasteiger partial charge in [0.1, 0.15) is 29.6 Å². The first kappa shape index (κ1) is 24.3. The van der Waals surface area contributed by atoms with E-state index in [2.05, 4.69) is 11.4 Å². The van der Waals surface area contributed by atoms with Gasteiger partial charge in [0.05, 0.1) is 19.4 Å². The van der Waals surface area contributed by atoms with Gasteiger partial charge in [0.25, 0.3) is 5.91 Å². The third kappa shape index (κ3) is 5.30. The lowest BCUT2D eigenvalue weighted by Crippen LogP contribution is -2.30. The van der Waals surface area contributed by atoms with Crippen LogP contribution in [0.3, 0.4) is 0 Å². The van der Waals surface area contributed by atoms with E-state index in [1.165, 1.54) is 4.90 Å². The van der Waals surface area contributed by atoms with Gasteiger partial charge in [-0.3, -0.25) is 4.79 Å². The number of nitrogens with zero attached hydrogens (tertiary/aromatic N) is 1. The SMILES string of the molecule is CCOc1ccccc1N1C(=O)/C(=C\c2ccc(OC)c(COc3cc(C)ccc3C)c2)NC1=S. The molecular weight excluding hydrogens is 460 g/mol. The molecule has 6 nitrogen and oxygen atoms in total. The number of amides is 1. The highest BCUT2D eigenvalue weighted by atomic mass is 32.1. The van der Waals surface area contributed by atoms with E-state index in [1.54, 1.807) is 13.2 Å². The minimum Gasteiger partial charge on any atom is -0.496 e. The van der Waals surface area contributed by atoms with Crippen LogP contribution in [-0.4, -0.2) is 24.7 Å². The van der Waals surface area contributed by atoms with Gasteiger partial charge in [-0.1, -0.05) is 30.3 Å². The van der Waals surface area contributed by atoms with Gasteiger partial charge >= 0.3 is 0 Å². The Labute approximate surface area is 211 Å². The standard InChI is InChI=1S/C28H28N2O4S/c1-5-33-25-9-7-6-8-23(25)30-27(31)22(29-28(30)35)16-20-12-13-24(32-4)21(15-20)17-34-26-14-18(2)10-11-19(26)3/h6-16H,5,17H2,1-4H3,(H,29,35)/b22-16+. The van der Waals surface area contributed by atoms with Crippen LogP contribution in [0, 0.1) is 13.8 Å². The summed E-state index contributed by atoms with van der Waals surface area (Å²) < 4.78 is 17.3. The molecule has 180 valence electrons. The van der Waals surface area contributed by atoms with Crippen LogP contribution in [0.25, 0.3) is 6.08 Å². The number of para-hydroxylation sites is 2. The highest BCUT2D eigenvalue weighted by Gasteiger charge is 2.33. The topological polar surface area (TPSA) is 60.0 Å². The molecule has 35 heavy (non-hydrogen) atoms. The summed E-state index contributed by atoms with van der Waals surface area (Å²) in [5.74, 6) is 1.90. The van der Waals surface area contributed by atoms with Crippen LogP contribution < -0.4 is 24.4 Å². The van der Waals surface area contributed by atoms with E-state index in [1.807, 2.05) is 75.4 Å². The fourth-order valence-corrected chi connectivity index (χ4v) is 4.15. The zero-order valence-corrected chi connectivity index (χ0v) is 21.1. The number of hydrogen-bond donors (Lipinski definition) is 1. The molecule has 7 heteroatoms. The van der Waals surface area contributed by atoms with Gasteiger partial charge < -0.3 is 19.5 Å². The Morgan fingerprint density at radius 1 is 0.971 bits per heavy atom. The number of rotatable bonds is 8. The number of thiocarbonyl (C=S) groups is 1. The number of nitrogens with one attached hydrogen (secondary N) is 1. The Morgan fingerprint density at radius 3 is 2.54 bits per heavy atom. The lowest BCUT2D eigenvalue weighted by Gasteiger charge is -2.18. The van der Waals surface area contributed by atoms with E-state index in [0.717, 1.165) is 28.0 Å². The molecule has 0 spiro atoms. The summed E-state index contributed by atoms with van der Waals surface area (Å²) in [5, 5.41) is 3.35. The summed E-state index contributed by atoms with van der Waals surface area (Å²) in [4.78, 5) is 14.7. The Kier molecular flexibility index (Phi) is 7.36. The molecule has 4 rings (SSSR count). The van der Waals surface area contributed by atoms with Crippen LogP contribution in [0.2, 0.25) is 0 Å². The minimum atomic E-state index is -0.244. The number of benzene rings is 3. The van der Waals surface area contributed by atoms with Gasteiger partial charge in [0, 0.05) is 5.56 Å². The molecule has 0 aliphatic carbocycles. The molecule has 0 bridgehead atoms. The summed E-state index contributed by atoms with van der Waals surface area (Å²) in [7, 11) is 1.63. The van der Waals surface area contributed by atoms with Crippen LogP contribution in [0.1, 0.15) is 29.2 Å². The number of anilines is 1. The second-order valence-corrected chi connectivity index (χ2v) is 8.55. The Morgan fingerprint density at radius 2 is 1.77 bits per heavy atom. The third-order valence-corrected chi connectivity index (χ3v) is 5.91. The molecule has 1 aliphatic rings. The molecule has 1 N–H and O–H groups in total. The number of ether oxygens (including phenoxy) is 3. The monoisotopic (exact) mass is 488 g/mol. The average molecular weight is 489 g/mol. The predicted molar refractivity (Wildman–Crippen MR) is 142 cm³/mol. The lowest BCUT2D eigenvalue weighted by molar-refractivity contribution is -0.113. The first-order valence-electron chi connectivity index (χ1n) is 11.4. The van der Waals surface area contributed by atoms with Crippen molar-refractivity contribution in [1.29, 1.82) is 0 Å². The largest absolute Gasteiger partial charge is 0.496 e. The van der Waals surface area contributed by atoms with Crippen LogP contribution in [0.15, 0.2) is 66.4 Å². The van der Waals surface area contributed by atoms with Crippen LogP contribution in [0.4, 0.5) is 5.69 Å².